The molecule has 4 heteroatoms. The van der Waals surface area contributed by atoms with Gasteiger partial charge in [-0.05, 0) is 44.1 Å². The van der Waals surface area contributed by atoms with Gasteiger partial charge in [0.05, 0.1) is 14.2 Å². The Kier molecular flexibility index (Phi) is 5.68. The summed E-state index contributed by atoms with van der Waals surface area (Å²) in [7, 11) is 3.43. The monoisotopic (exact) mass is 278 g/mol. The Morgan fingerprint density at radius 3 is 2.75 bits per heavy atom. The van der Waals surface area contributed by atoms with Gasteiger partial charge in [-0.3, -0.25) is 4.90 Å². The van der Waals surface area contributed by atoms with Crippen LogP contribution in [0.25, 0.3) is 0 Å². The fourth-order valence-corrected chi connectivity index (χ4v) is 2.87. The van der Waals surface area contributed by atoms with Crippen LogP contribution in [0.5, 0.6) is 11.5 Å². The Bertz CT molecular complexity index is 417. The molecule has 1 aliphatic heterocycles. The van der Waals surface area contributed by atoms with Crippen molar-refractivity contribution in [2.45, 2.75) is 32.4 Å². The molecule has 20 heavy (non-hydrogen) atoms. The second kappa shape index (κ2) is 7.50. The van der Waals surface area contributed by atoms with Crippen molar-refractivity contribution in [2.75, 3.05) is 33.9 Å². The molecule has 1 heterocycles. The van der Waals surface area contributed by atoms with E-state index < -0.39 is 0 Å². The van der Waals surface area contributed by atoms with Crippen molar-refractivity contribution in [3.63, 3.8) is 0 Å². The number of hydrogen-bond donors (Lipinski definition) is 1. The van der Waals surface area contributed by atoms with Gasteiger partial charge >= 0.3 is 0 Å². The molecule has 2 rings (SSSR count). The molecule has 1 unspecified atom stereocenters. The van der Waals surface area contributed by atoms with E-state index in [0.29, 0.717) is 6.04 Å². The van der Waals surface area contributed by atoms with Crippen molar-refractivity contribution in [1.82, 2.24) is 10.2 Å². The van der Waals surface area contributed by atoms with Crippen LogP contribution in [0, 0.1) is 0 Å². The Morgan fingerprint density at radius 2 is 2.15 bits per heavy atom. The zero-order chi connectivity index (χ0) is 14.4. The molecule has 0 radical (unpaired) electrons. The summed E-state index contributed by atoms with van der Waals surface area (Å²) in [5.74, 6) is 1.83. The van der Waals surface area contributed by atoms with Crippen LogP contribution in [-0.4, -0.2) is 44.8 Å². The van der Waals surface area contributed by atoms with Crippen LogP contribution in [0.15, 0.2) is 18.2 Å². The van der Waals surface area contributed by atoms with Crippen molar-refractivity contribution >= 4 is 0 Å². The summed E-state index contributed by atoms with van der Waals surface area (Å²) in [5, 5.41) is 3.49. The number of methoxy groups -OCH3 is 2. The molecule has 0 bridgehead atoms. The minimum atomic E-state index is 0.615. The molecule has 0 saturated carbocycles. The Hall–Kier alpha value is -1.26. The van der Waals surface area contributed by atoms with Crippen LogP contribution >= 0.6 is 0 Å². The lowest BCUT2D eigenvalue weighted by molar-refractivity contribution is 0.164. The van der Waals surface area contributed by atoms with E-state index in [1.807, 2.05) is 12.1 Å². The van der Waals surface area contributed by atoms with E-state index in [1.165, 1.54) is 18.4 Å². The average molecular weight is 278 g/mol. The normalized spacial score (nSPS) is 19.1. The van der Waals surface area contributed by atoms with Crippen LogP contribution in [0.4, 0.5) is 0 Å². The van der Waals surface area contributed by atoms with Crippen LogP contribution < -0.4 is 14.8 Å². The van der Waals surface area contributed by atoms with Gasteiger partial charge in [0.1, 0.15) is 11.5 Å². The number of benzene rings is 1. The lowest BCUT2D eigenvalue weighted by Crippen LogP contribution is -2.45. The van der Waals surface area contributed by atoms with E-state index in [2.05, 4.69) is 23.2 Å². The number of nitrogens with one attached hydrogen (secondary N) is 1. The van der Waals surface area contributed by atoms with Crippen LogP contribution in [0.3, 0.4) is 0 Å². The maximum Gasteiger partial charge on any atom is 0.123 e. The average Bonchev–Trinajstić information content (AvgIpc) is 2.53. The summed E-state index contributed by atoms with van der Waals surface area (Å²) >= 11 is 0. The van der Waals surface area contributed by atoms with Crippen molar-refractivity contribution < 1.29 is 9.47 Å². The molecule has 1 N–H and O–H groups in total. The van der Waals surface area contributed by atoms with E-state index in [0.717, 1.165) is 37.7 Å². The van der Waals surface area contributed by atoms with Crippen LogP contribution in [-0.2, 0) is 6.54 Å². The number of likely N-dealkylation sites (N-methyl/N-ethyl adjacent to an activating group) is 1. The second-order valence-electron chi connectivity index (χ2n) is 5.24. The molecule has 1 fully saturated rings. The molecule has 1 aliphatic rings. The highest BCUT2D eigenvalue weighted by Crippen LogP contribution is 2.26. The molecular weight excluding hydrogens is 252 g/mol. The van der Waals surface area contributed by atoms with Gasteiger partial charge in [-0.25, -0.2) is 0 Å². The Labute approximate surface area is 122 Å². The molecule has 112 valence electrons. The Balaban J connectivity index is 2.12. The first-order valence-corrected chi connectivity index (χ1v) is 7.44. The van der Waals surface area contributed by atoms with Crippen molar-refractivity contribution in [3.05, 3.63) is 23.8 Å². The molecule has 4 nitrogen and oxygen atoms in total. The van der Waals surface area contributed by atoms with Crippen LogP contribution in [0.1, 0.15) is 25.3 Å². The molecule has 0 spiro atoms. The lowest BCUT2D eigenvalue weighted by Gasteiger charge is -2.34. The van der Waals surface area contributed by atoms with E-state index in [1.54, 1.807) is 14.2 Å². The van der Waals surface area contributed by atoms with E-state index in [9.17, 15) is 0 Å². The Morgan fingerprint density at radius 1 is 1.30 bits per heavy atom. The van der Waals surface area contributed by atoms with Gasteiger partial charge in [-0.2, -0.15) is 0 Å². The summed E-state index contributed by atoms with van der Waals surface area (Å²) in [6, 6.07) is 6.63. The molecule has 0 aliphatic carbocycles. The SMILES string of the molecule is CCN(Cc1cc(OC)ccc1OC)C1CCCNC1. The van der Waals surface area contributed by atoms with Gasteiger partial charge in [0.2, 0.25) is 0 Å². The van der Waals surface area contributed by atoms with Crippen molar-refractivity contribution in [2.24, 2.45) is 0 Å². The molecule has 0 amide bonds. The van der Waals surface area contributed by atoms with Gasteiger partial charge in [0, 0.05) is 24.7 Å². The zero-order valence-electron chi connectivity index (χ0n) is 12.8. The number of piperidine rings is 1. The summed E-state index contributed by atoms with van der Waals surface area (Å²) in [6.45, 7) is 6.41. The van der Waals surface area contributed by atoms with E-state index in [-0.39, 0.29) is 0 Å². The maximum atomic E-state index is 5.48. The predicted molar refractivity (Wildman–Crippen MR) is 81.5 cm³/mol. The molecule has 1 saturated heterocycles. The van der Waals surface area contributed by atoms with Gasteiger partial charge in [-0.1, -0.05) is 6.92 Å². The highest BCUT2D eigenvalue weighted by Gasteiger charge is 2.21. The minimum absolute atomic E-state index is 0.615. The van der Waals surface area contributed by atoms with Gasteiger partial charge in [0.25, 0.3) is 0 Å². The number of hydrogen-bond acceptors (Lipinski definition) is 4. The number of rotatable bonds is 6. The highest BCUT2D eigenvalue weighted by atomic mass is 16.5. The van der Waals surface area contributed by atoms with Gasteiger partial charge in [-0.15, -0.1) is 0 Å². The first kappa shape index (κ1) is 15.1. The fraction of sp³-hybridized carbons (Fsp3) is 0.625. The van der Waals surface area contributed by atoms with E-state index in [4.69, 9.17) is 9.47 Å². The van der Waals surface area contributed by atoms with Gasteiger partial charge < -0.3 is 14.8 Å². The second-order valence-corrected chi connectivity index (χ2v) is 5.24. The molecule has 1 aromatic carbocycles. The predicted octanol–water partition coefficient (Wildman–Crippen LogP) is 2.28. The largest absolute Gasteiger partial charge is 0.497 e. The summed E-state index contributed by atoms with van der Waals surface area (Å²) in [5.41, 5.74) is 1.19. The minimum Gasteiger partial charge on any atom is -0.497 e. The van der Waals surface area contributed by atoms with E-state index >= 15 is 0 Å². The number of nitrogens with zero attached hydrogens (tertiary/aromatic N) is 1. The first-order chi connectivity index (χ1) is 9.78. The third-order valence-corrected chi connectivity index (χ3v) is 4.05. The quantitative estimate of drug-likeness (QED) is 0.865. The fourth-order valence-electron chi connectivity index (χ4n) is 2.87. The summed E-state index contributed by atoms with van der Waals surface area (Å²) < 4.78 is 10.8. The zero-order valence-corrected chi connectivity index (χ0v) is 12.8. The third-order valence-electron chi connectivity index (χ3n) is 4.05. The standard InChI is InChI=1S/C16H26N2O2/c1-4-18(14-6-5-9-17-11-14)12-13-10-15(19-2)7-8-16(13)20-3/h7-8,10,14,17H,4-6,9,11-12H2,1-3H3. The summed E-state index contributed by atoms with van der Waals surface area (Å²) in [4.78, 5) is 2.52. The topological polar surface area (TPSA) is 33.7 Å². The smallest absolute Gasteiger partial charge is 0.123 e. The lowest BCUT2D eigenvalue weighted by atomic mass is 10.0. The number of ether oxygens (including phenoxy) is 2. The van der Waals surface area contributed by atoms with Crippen molar-refractivity contribution in [1.29, 1.82) is 0 Å². The molecule has 1 atom stereocenters. The maximum absolute atomic E-state index is 5.48. The van der Waals surface area contributed by atoms with Crippen LogP contribution in [0.2, 0.25) is 0 Å². The molecule has 1 aromatic rings. The molecular formula is C16H26N2O2. The van der Waals surface area contributed by atoms with Gasteiger partial charge in [0.15, 0.2) is 0 Å². The summed E-state index contributed by atoms with van der Waals surface area (Å²) in [6.07, 6.45) is 2.53. The third kappa shape index (κ3) is 3.64. The first-order valence-electron chi connectivity index (χ1n) is 7.44. The highest BCUT2D eigenvalue weighted by molar-refractivity contribution is 5.40. The molecule has 0 aromatic heterocycles. The van der Waals surface area contributed by atoms with Crippen molar-refractivity contribution in [3.8, 4) is 11.5 Å².